The van der Waals surface area contributed by atoms with E-state index in [0.717, 1.165) is 116 Å². The molecule has 1 heterocycles. The van der Waals surface area contributed by atoms with Gasteiger partial charge in [0.1, 0.15) is 24.4 Å². The van der Waals surface area contributed by atoms with Crippen molar-refractivity contribution < 1.29 is 49.3 Å². The molecule has 1 saturated heterocycles. The molecule has 1 fully saturated rings. The Morgan fingerprint density at radius 2 is 0.911 bits per heavy atom. The Morgan fingerprint density at radius 1 is 0.506 bits per heavy atom. The second-order valence-corrected chi connectivity index (χ2v) is 22.5. The van der Waals surface area contributed by atoms with Gasteiger partial charge in [-0.3, -0.25) is 9.59 Å². The third kappa shape index (κ3) is 43.5. The predicted octanol–water partition coefficient (Wildman–Crippen LogP) is 16.0. The number of hydrogen-bond donors (Lipinski definition) is 6. The van der Waals surface area contributed by atoms with Gasteiger partial charge in [0.2, 0.25) is 5.91 Å². The fourth-order valence-corrected chi connectivity index (χ4v) is 9.97. The maximum Gasteiger partial charge on any atom is 0.306 e. The van der Waals surface area contributed by atoms with Crippen LogP contribution in [0.4, 0.5) is 0 Å². The van der Waals surface area contributed by atoms with Crippen molar-refractivity contribution >= 4 is 11.9 Å². The summed E-state index contributed by atoms with van der Waals surface area (Å²) in [6, 6.07) is -1.03. The van der Waals surface area contributed by atoms with Crippen molar-refractivity contribution in [2.24, 2.45) is 0 Å². The van der Waals surface area contributed by atoms with Crippen LogP contribution in [-0.4, -0.2) is 99.6 Å². The molecule has 0 saturated carbocycles. The zero-order valence-electron chi connectivity index (χ0n) is 50.7. The molecule has 1 aliphatic heterocycles. The topological polar surface area (TPSA) is 175 Å². The van der Waals surface area contributed by atoms with Gasteiger partial charge in [-0.2, -0.15) is 0 Å². The second-order valence-electron chi connectivity index (χ2n) is 22.5. The molecule has 0 aromatic heterocycles. The van der Waals surface area contributed by atoms with Crippen molar-refractivity contribution in [2.75, 3.05) is 13.2 Å². The molecule has 1 aliphatic rings. The van der Waals surface area contributed by atoms with E-state index in [1.165, 1.54) is 122 Å². The normalized spacial score (nSPS) is 19.3. The quantitative estimate of drug-likeness (QED) is 0.0195. The van der Waals surface area contributed by atoms with Gasteiger partial charge >= 0.3 is 5.97 Å². The number of carbonyl (C=O) groups is 2. The molecule has 6 N–H and O–H groups in total. The summed E-state index contributed by atoms with van der Waals surface area (Å²) in [5, 5.41) is 57.1. The number of carbonyl (C=O) groups excluding carboxylic acids is 2. The largest absolute Gasteiger partial charge is 0.454 e. The molecule has 11 heteroatoms. The van der Waals surface area contributed by atoms with E-state index >= 15 is 0 Å². The Hall–Kier alpha value is -2.90. The van der Waals surface area contributed by atoms with E-state index in [1.807, 2.05) is 6.08 Å². The van der Waals surface area contributed by atoms with E-state index in [4.69, 9.17) is 14.2 Å². The first-order valence-electron chi connectivity index (χ1n) is 32.7. The molecular weight excluding hydrogens is 991 g/mol. The summed E-state index contributed by atoms with van der Waals surface area (Å²) in [7, 11) is 0. The summed E-state index contributed by atoms with van der Waals surface area (Å²) in [4.78, 5) is 26.6. The van der Waals surface area contributed by atoms with Crippen molar-refractivity contribution in [3.63, 3.8) is 0 Å². The molecule has 79 heavy (non-hydrogen) atoms. The average molecular weight is 1110 g/mol. The van der Waals surface area contributed by atoms with Crippen molar-refractivity contribution in [1.29, 1.82) is 0 Å². The van der Waals surface area contributed by atoms with Gasteiger partial charge in [-0.25, -0.2) is 0 Å². The van der Waals surface area contributed by atoms with Gasteiger partial charge in [-0.15, -0.1) is 0 Å². The van der Waals surface area contributed by atoms with E-state index in [0.29, 0.717) is 19.3 Å². The van der Waals surface area contributed by atoms with Crippen LogP contribution >= 0.6 is 0 Å². The maximum atomic E-state index is 13.4. The number of hydrogen-bond acceptors (Lipinski definition) is 10. The van der Waals surface area contributed by atoms with Gasteiger partial charge in [0.15, 0.2) is 12.4 Å². The highest BCUT2D eigenvalue weighted by Gasteiger charge is 2.47. The molecule has 1 amide bonds. The van der Waals surface area contributed by atoms with Crippen LogP contribution in [0.2, 0.25) is 0 Å². The average Bonchev–Trinajstić information content (AvgIpc) is 3.50. The maximum absolute atomic E-state index is 13.4. The zero-order valence-corrected chi connectivity index (χ0v) is 50.7. The lowest BCUT2D eigenvalue weighted by Gasteiger charge is -2.41. The Morgan fingerprint density at radius 3 is 1.37 bits per heavy atom. The zero-order chi connectivity index (χ0) is 57.5. The summed E-state index contributed by atoms with van der Waals surface area (Å²) in [6.45, 7) is 5.69. The number of nitrogens with one attached hydrogen (secondary N) is 1. The number of ether oxygens (including phenoxy) is 3. The smallest absolute Gasteiger partial charge is 0.306 e. The van der Waals surface area contributed by atoms with E-state index in [1.54, 1.807) is 6.08 Å². The minimum Gasteiger partial charge on any atom is -0.454 e. The van der Waals surface area contributed by atoms with Crippen LogP contribution in [0.3, 0.4) is 0 Å². The van der Waals surface area contributed by atoms with Gasteiger partial charge in [0.05, 0.1) is 25.4 Å². The monoisotopic (exact) mass is 1110 g/mol. The molecule has 0 spiro atoms. The van der Waals surface area contributed by atoms with Gasteiger partial charge in [-0.1, -0.05) is 280 Å². The van der Waals surface area contributed by atoms with Crippen LogP contribution < -0.4 is 5.32 Å². The van der Waals surface area contributed by atoms with Crippen molar-refractivity contribution in [3.05, 3.63) is 72.9 Å². The number of allylic oxidation sites excluding steroid dienone is 11. The highest BCUT2D eigenvalue weighted by Crippen LogP contribution is 2.26. The van der Waals surface area contributed by atoms with Gasteiger partial charge in [0.25, 0.3) is 0 Å². The number of unbranched alkanes of at least 4 members (excludes halogenated alkanes) is 31. The lowest BCUT2D eigenvalue weighted by Crippen LogP contribution is -2.61. The molecule has 0 bridgehead atoms. The summed E-state index contributed by atoms with van der Waals surface area (Å²) < 4.78 is 17.6. The molecule has 0 aliphatic carbocycles. The Labute approximate surface area is 483 Å². The minimum atomic E-state index is -1.62. The summed E-state index contributed by atoms with van der Waals surface area (Å²) in [5.74, 6) is -1.20. The molecule has 0 aromatic carbocycles. The third-order valence-electron chi connectivity index (χ3n) is 15.1. The van der Waals surface area contributed by atoms with Gasteiger partial charge < -0.3 is 45.1 Å². The van der Waals surface area contributed by atoms with Gasteiger partial charge in [0, 0.05) is 6.42 Å². The summed E-state index contributed by atoms with van der Waals surface area (Å²) in [6.07, 6.45) is 60.7. The van der Waals surface area contributed by atoms with E-state index < -0.39 is 67.4 Å². The SMILES string of the molecule is CC/C=C\C/C=C\C/C=C\C/C=C\C/C=C\CCCCCCCCCC(=O)OC1C(OCC(NC(=O)C(O)CCCCCCCCCCCCCCCC)C(O)/C=C/CCCCCCCCCCCCC)OC(CO)C(O)C1O. The molecule has 11 nitrogen and oxygen atoms in total. The summed E-state index contributed by atoms with van der Waals surface area (Å²) in [5.41, 5.74) is 0. The van der Waals surface area contributed by atoms with Gasteiger partial charge in [-0.05, 0) is 70.6 Å². The Kier molecular flexibility index (Phi) is 52.2. The number of aliphatic hydroxyl groups is 5. The Bertz CT molecular complexity index is 1560. The lowest BCUT2D eigenvalue weighted by molar-refractivity contribution is -0.305. The highest BCUT2D eigenvalue weighted by molar-refractivity contribution is 5.80. The van der Waals surface area contributed by atoms with E-state index in [-0.39, 0.29) is 13.0 Å². The van der Waals surface area contributed by atoms with E-state index in [9.17, 15) is 35.1 Å². The third-order valence-corrected chi connectivity index (χ3v) is 15.1. The molecule has 8 atom stereocenters. The second kappa shape index (κ2) is 55.6. The minimum absolute atomic E-state index is 0.109. The van der Waals surface area contributed by atoms with Crippen molar-refractivity contribution in [3.8, 4) is 0 Å². The Balaban J connectivity index is 2.64. The molecule has 1 rings (SSSR count). The van der Waals surface area contributed by atoms with E-state index in [2.05, 4.69) is 86.8 Å². The van der Waals surface area contributed by atoms with Crippen LogP contribution in [0, 0.1) is 0 Å². The molecule has 458 valence electrons. The van der Waals surface area contributed by atoms with Crippen molar-refractivity contribution in [2.45, 2.75) is 333 Å². The summed E-state index contributed by atoms with van der Waals surface area (Å²) >= 11 is 0. The standard InChI is InChI=1S/C68H121NO10/c1-4-7-10-13-16-19-22-25-27-28-29-30-31-32-33-34-35-38-41-44-47-50-53-56-63(73)79-66-65(75)64(74)62(57-70)78-68(66)77-58-59(60(71)54-51-48-45-42-39-36-24-21-18-15-12-9-6-3)69-67(76)61(72)55-52-49-46-43-40-37-26-23-20-17-14-11-8-5-2/h7,10,16,19,25,27,29-30,32-33,51,54,59-62,64-66,68,70-72,74-75H,4-6,8-9,11-15,17-18,20-24,26,28,31,34-50,52-53,55-58H2,1-3H3,(H,69,76)/b10-7-,19-16-,27-25-,30-29-,33-32-,54-51+. The predicted molar refractivity (Wildman–Crippen MR) is 329 cm³/mol. The molecule has 0 aromatic rings. The lowest BCUT2D eigenvalue weighted by atomic mass is 9.99. The van der Waals surface area contributed by atoms with Crippen molar-refractivity contribution in [1.82, 2.24) is 5.32 Å². The number of rotatable bonds is 55. The molecule has 8 unspecified atom stereocenters. The first-order valence-corrected chi connectivity index (χ1v) is 32.7. The number of amides is 1. The fraction of sp³-hybridized carbons (Fsp3) is 0.794. The number of aliphatic hydroxyl groups excluding tert-OH is 5. The van der Waals surface area contributed by atoms with Crippen LogP contribution in [0.25, 0.3) is 0 Å². The fourth-order valence-electron chi connectivity index (χ4n) is 9.97. The van der Waals surface area contributed by atoms with Crippen LogP contribution in [0.15, 0.2) is 72.9 Å². The molecule has 0 radical (unpaired) electrons. The molecular formula is C68H121NO10. The first-order chi connectivity index (χ1) is 38.7. The van der Waals surface area contributed by atoms with Crippen LogP contribution in [0.1, 0.15) is 284 Å². The van der Waals surface area contributed by atoms with Crippen LogP contribution in [-0.2, 0) is 23.8 Å². The highest BCUT2D eigenvalue weighted by atomic mass is 16.7. The first kappa shape index (κ1) is 74.1. The van der Waals surface area contributed by atoms with Crippen LogP contribution in [0.5, 0.6) is 0 Å². The number of esters is 1.